The minimum atomic E-state index is -0.866. The standard InChI is InChI=1S/C17H16ClNO3/c18-9-2-1-3-10(8-9)19-15(20)13-11-4-5-12(14(13)16(21)22)17(11)6-7-17/h1-5,8,11-14H,6-7H2,(H,19,20)(H,21,22). The maximum atomic E-state index is 12.7. The molecule has 22 heavy (non-hydrogen) atoms. The van der Waals surface area contributed by atoms with Crippen LogP contribution in [0.5, 0.6) is 0 Å². The molecule has 114 valence electrons. The lowest BCUT2D eigenvalue weighted by Crippen LogP contribution is -2.36. The van der Waals surface area contributed by atoms with E-state index in [2.05, 4.69) is 11.4 Å². The van der Waals surface area contributed by atoms with Crippen LogP contribution in [0.25, 0.3) is 0 Å². The molecule has 2 bridgehead atoms. The number of anilines is 1. The molecule has 4 atom stereocenters. The summed E-state index contributed by atoms with van der Waals surface area (Å²) in [5.41, 5.74) is 0.651. The summed E-state index contributed by atoms with van der Waals surface area (Å²) in [6.45, 7) is 0. The van der Waals surface area contributed by atoms with Gasteiger partial charge in [0.1, 0.15) is 0 Å². The SMILES string of the molecule is O=C(O)C1C(C(=O)Nc2cccc(Cl)c2)C2C=CC1C21CC1. The van der Waals surface area contributed by atoms with E-state index >= 15 is 0 Å². The molecule has 5 heteroatoms. The third-order valence-electron chi connectivity index (χ3n) is 5.52. The smallest absolute Gasteiger partial charge is 0.307 e. The molecule has 0 aliphatic heterocycles. The van der Waals surface area contributed by atoms with Crippen molar-refractivity contribution in [1.29, 1.82) is 0 Å². The Bertz CT molecular complexity index is 695. The zero-order valence-electron chi connectivity index (χ0n) is 11.8. The Morgan fingerprint density at radius 2 is 1.86 bits per heavy atom. The van der Waals surface area contributed by atoms with Gasteiger partial charge in [-0.1, -0.05) is 29.8 Å². The van der Waals surface area contributed by atoms with E-state index in [1.165, 1.54) is 0 Å². The molecular formula is C17H16ClNO3. The molecule has 3 aliphatic rings. The lowest BCUT2D eigenvalue weighted by molar-refractivity contribution is -0.146. The summed E-state index contributed by atoms with van der Waals surface area (Å²) >= 11 is 5.93. The minimum absolute atomic E-state index is 0.00473. The van der Waals surface area contributed by atoms with Crippen LogP contribution in [0, 0.1) is 29.1 Å². The minimum Gasteiger partial charge on any atom is -0.481 e. The highest BCUT2D eigenvalue weighted by atomic mass is 35.5. The molecule has 3 aliphatic carbocycles. The predicted octanol–water partition coefficient (Wildman–Crippen LogP) is 3.19. The third kappa shape index (κ3) is 1.83. The van der Waals surface area contributed by atoms with Crippen LogP contribution < -0.4 is 5.32 Å². The van der Waals surface area contributed by atoms with Crippen molar-refractivity contribution >= 4 is 29.2 Å². The highest BCUT2D eigenvalue weighted by Crippen LogP contribution is 2.72. The van der Waals surface area contributed by atoms with Gasteiger partial charge in [-0.15, -0.1) is 0 Å². The van der Waals surface area contributed by atoms with Gasteiger partial charge in [-0.2, -0.15) is 0 Å². The second-order valence-corrected chi connectivity index (χ2v) is 7.00. The number of hydrogen-bond acceptors (Lipinski definition) is 2. The highest BCUT2D eigenvalue weighted by Gasteiger charge is 2.70. The summed E-state index contributed by atoms with van der Waals surface area (Å²) in [6.07, 6.45) is 6.12. The monoisotopic (exact) mass is 317 g/mol. The van der Waals surface area contributed by atoms with Crippen molar-refractivity contribution in [2.75, 3.05) is 5.32 Å². The van der Waals surface area contributed by atoms with Gasteiger partial charge in [0.25, 0.3) is 0 Å². The quantitative estimate of drug-likeness (QED) is 0.841. The fourth-order valence-corrected chi connectivity index (χ4v) is 4.67. The summed E-state index contributed by atoms with van der Waals surface area (Å²) in [5, 5.41) is 13.0. The number of carbonyl (C=O) groups excluding carboxylic acids is 1. The number of carbonyl (C=O) groups is 2. The van der Waals surface area contributed by atoms with Gasteiger partial charge in [0.15, 0.2) is 0 Å². The second kappa shape index (κ2) is 4.59. The molecule has 0 saturated heterocycles. The van der Waals surface area contributed by atoms with E-state index < -0.39 is 17.8 Å². The van der Waals surface area contributed by atoms with Gasteiger partial charge in [0.05, 0.1) is 11.8 Å². The van der Waals surface area contributed by atoms with Gasteiger partial charge in [0, 0.05) is 10.7 Å². The summed E-state index contributed by atoms with van der Waals surface area (Å²) < 4.78 is 0. The molecule has 0 radical (unpaired) electrons. The van der Waals surface area contributed by atoms with Gasteiger partial charge in [-0.25, -0.2) is 0 Å². The third-order valence-corrected chi connectivity index (χ3v) is 5.76. The van der Waals surface area contributed by atoms with Crippen LogP contribution in [0.15, 0.2) is 36.4 Å². The van der Waals surface area contributed by atoms with Gasteiger partial charge < -0.3 is 10.4 Å². The maximum absolute atomic E-state index is 12.7. The first-order chi connectivity index (χ1) is 10.5. The number of aliphatic carboxylic acids is 1. The molecule has 2 fully saturated rings. The van der Waals surface area contributed by atoms with Gasteiger partial charge >= 0.3 is 5.97 Å². The van der Waals surface area contributed by atoms with Gasteiger partial charge in [0.2, 0.25) is 5.91 Å². The zero-order chi connectivity index (χ0) is 15.5. The molecule has 0 heterocycles. The van der Waals surface area contributed by atoms with Crippen molar-refractivity contribution in [2.24, 2.45) is 29.1 Å². The number of benzene rings is 1. The normalized spacial score (nSPS) is 33.1. The number of hydrogen-bond donors (Lipinski definition) is 2. The first-order valence-corrected chi connectivity index (χ1v) is 7.88. The Labute approximate surface area is 133 Å². The summed E-state index contributed by atoms with van der Waals surface area (Å²) in [6, 6.07) is 6.92. The molecule has 0 aromatic heterocycles. The average Bonchev–Trinajstić information content (AvgIpc) is 3.12. The number of carboxylic acid groups (broad SMARTS) is 1. The van der Waals surface area contributed by atoms with Crippen molar-refractivity contribution in [1.82, 2.24) is 0 Å². The number of carboxylic acids is 1. The van der Waals surface area contributed by atoms with Crippen LogP contribution in [0.3, 0.4) is 0 Å². The van der Waals surface area contributed by atoms with E-state index in [1.807, 2.05) is 6.08 Å². The van der Waals surface area contributed by atoms with E-state index in [0.717, 1.165) is 12.8 Å². The van der Waals surface area contributed by atoms with E-state index in [9.17, 15) is 14.7 Å². The van der Waals surface area contributed by atoms with Crippen molar-refractivity contribution < 1.29 is 14.7 Å². The van der Waals surface area contributed by atoms with E-state index in [-0.39, 0.29) is 23.2 Å². The molecule has 2 N–H and O–H groups in total. The predicted molar refractivity (Wildman–Crippen MR) is 82.5 cm³/mol. The van der Waals surface area contributed by atoms with Crippen LogP contribution in [-0.4, -0.2) is 17.0 Å². The zero-order valence-corrected chi connectivity index (χ0v) is 12.6. The summed E-state index contributed by atoms with van der Waals surface area (Å²) in [7, 11) is 0. The Hall–Kier alpha value is -1.81. The number of amides is 1. The van der Waals surface area contributed by atoms with Crippen molar-refractivity contribution in [2.45, 2.75) is 12.8 Å². The topological polar surface area (TPSA) is 66.4 Å². The lowest BCUT2D eigenvalue weighted by atomic mass is 9.82. The second-order valence-electron chi connectivity index (χ2n) is 6.56. The lowest BCUT2D eigenvalue weighted by Gasteiger charge is -2.23. The van der Waals surface area contributed by atoms with Crippen LogP contribution in [0.1, 0.15) is 12.8 Å². The van der Waals surface area contributed by atoms with E-state index in [0.29, 0.717) is 10.7 Å². The van der Waals surface area contributed by atoms with Crippen molar-refractivity contribution in [3.05, 3.63) is 41.4 Å². The van der Waals surface area contributed by atoms with Crippen LogP contribution in [0.2, 0.25) is 5.02 Å². The Morgan fingerprint density at radius 3 is 2.45 bits per heavy atom. The molecule has 1 aromatic rings. The number of nitrogens with one attached hydrogen (secondary N) is 1. The van der Waals surface area contributed by atoms with Crippen LogP contribution >= 0.6 is 11.6 Å². The molecule has 4 rings (SSSR count). The number of halogens is 1. The molecule has 1 aromatic carbocycles. The molecule has 1 spiro atoms. The van der Waals surface area contributed by atoms with Gasteiger partial charge in [-0.05, 0) is 48.3 Å². The molecule has 2 saturated carbocycles. The fraction of sp³-hybridized carbons (Fsp3) is 0.412. The molecule has 4 nitrogen and oxygen atoms in total. The van der Waals surface area contributed by atoms with Crippen molar-refractivity contribution in [3.8, 4) is 0 Å². The van der Waals surface area contributed by atoms with Crippen LogP contribution in [0.4, 0.5) is 5.69 Å². The molecule has 4 unspecified atom stereocenters. The molecule has 1 amide bonds. The van der Waals surface area contributed by atoms with Gasteiger partial charge in [-0.3, -0.25) is 9.59 Å². The van der Waals surface area contributed by atoms with Crippen LogP contribution in [-0.2, 0) is 9.59 Å². The first-order valence-electron chi connectivity index (χ1n) is 7.50. The Kier molecular flexibility index (Phi) is 2.89. The fourth-order valence-electron chi connectivity index (χ4n) is 4.48. The van der Waals surface area contributed by atoms with E-state index in [1.54, 1.807) is 24.3 Å². The maximum Gasteiger partial charge on any atom is 0.307 e. The number of rotatable bonds is 3. The average molecular weight is 318 g/mol. The first kappa shape index (κ1) is 13.8. The summed E-state index contributed by atoms with van der Waals surface area (Å²) in [5.74, 6) is -2.12. The Balaban J connectivity index is 1.62. The highest BCUT2D eigenvalue weighted by molar-refractivity contribution is 6.30. The summed E-state index contributed by atoms with van der Waals surface area (Å²) in [4.78, 5) is 24.4. The van der Waals surface area contributed by atoms with Crippen molar-refractivity contribution in [3.63, 3.8) is 0 Å². The number of allylic oxidation sites excluding steroid dienone is 2. The van der Waals surface area contributed by atoms with E-state index in [4.69, 9.17) is 11.6 Å². The molecular weight excluding hydrogens is 302 g/mol. The largest absolute Gasteiger partial charge is 0.481 e. The Morgan fingerprint density at radius 1 is 1.18 bits per heavy atom.